The summed E-state index contributed by atoms with van der Waals surface area (Å²) in [6.45, 7) is 0.269. The van der Waals surface area contributed by atoms with Crippen LogP contribution in [0.3, 0.4) is 0 Å². The average Bonchev–Trinajstić information content (AvgIpc) is 3.33. The zero-order valence-corrected chi connectivity index (χ0v) is 16.0. The highest BCUT2D eigenvalue weighted by Gasteiger charge is 2.19. The number of thiophene rings is 1. The summed E-state index contributed by atoms with van der Waals surface area (Å²) in [4.78, 5) is 26.2. The predicted octanol–water partition coefficient (Wildman–Crippen LogP) is 3.11. The Bertz CT molecular complexity index is 1460. The molecule has 2 aromatic carbocycles. The van der Waals surface area contributed by atoms with Crippen LogP contribution in [0.25, 0.3) is 16.0 Å². The summed E-state index contributed by atoms with van der Waals surface area (Å²) in [5, 5.41) is 6.18. The molecule has 0 bridgehead atoms. The molecule has 0 saturated carbocycles. The molecule has 8 heteroatoms. The van der Waals surface area contributed by atoms with Crippen molar-refractivity contribution in [3.8, 4) is 0 Å². The highest BCUT2D eigenvalue weighted by Crippen LogP contribution is 2.18. The van der Waals surface area contributed by atoms with Crippen molar-refractivity contribution in [3.63, 3.8) is 0 Å². The Hall–Kier alpha value is -3.52. The molecule has 0 fully saturated rings. The number of hydrogen-bond acceptors (Lipinski definition) is 4. The fourth-order valence-electron chi connectivity index (χ4n) is 3.43. The largest absolute Gasteiger partial charge is 0.352 e. The van der Waals surface area contributed by atoms with Crippen molar-refractivity contribution in [2.75, 3.05) is 0 Å². The summed E-state index contributed by atoms with van der Waals surface area (Å²) >= 11 is 1.29. The summed E-state index contributed by atoms with van der Waals surface area (Å²) < 4.78 is 18.7. The van der Waals surface area contributed by atoms with Crippen LogP contribution < -0.4 is 11.2 Å². The molecule has 0 saturated heterocycles. The minimum Gasteiger partial charge on any atom is -0.271 e. The van der Waals surface area contributed by atoms with E-state index in [9.17, 15) is 14.0 Å². The molecule has 3 heterocycles. The van der Waals surface area contributed by atoms with Crippen molar-refractivity contribution in [2.24, 2.45) is 0 Å². The van der Waals surface area contributed by atoms with Gasteiger partial charge in [-0.3, -0.25) is 9.36 Å². The number of nitrogens with zero attached hydrogens (tertiary/aromatic N) is 4. The first-order valence-electron chi connectivity index (χ1n) is 9.00. The van der Waals surface area contributed by atoms with Gasteiger partial charge in [0.2, 0.25) is 5.78 Å². The molecular formula is C21H15FN4O2S. The second kappa shape index (κ2) is 6.82. The number of benzene rings is 2. The molecule has 0 atom stereocenters. The van der Waals surface area contributed by atoms with Gasteiger partial charge in [0.1, 0.15) is 10.5 Å². The van der Waals surface area contributed by atoms with Crippen molar-refractivity contribution in [1.29, 1.82) is 0 Å². The SMILES string of the molecule is O=c1c2sccc2n2c(=O)n(Cc3ccccc3F)nc2n1Cc1ccccc1. The molecular weight excluding hydrogens is 391 g/mol. The van der Waals surface area contributed by atoms with Gasteiger partial charge in [-0.1, -0.05) is 48.5 Å². The van der Waals surface area contributed by atoms with Crippen LogP contribution in [0.2, 0.25) is 0 Å². The third-order valence-corrected chi connectivity index (χ3v) is 5.74. The van der Waals surface area contributed by atoms with E-state index < -0.39 is 11.5 Å². The maximum Gasteiger partial charge on any atom is 0.352 e. The Morgan fingerprint density at radius 3 is 2.48 bits per heavy atom. The Labute approximate surface area is 167 Å². The van der Waals surface area contributed by atoms with E-state index in [0.717, 1.165) is 5.56 Å². The molecule has 3 aromatic heterocycles. The summed E-state index contributed by atoms with van der Waals surface area (Å²) in [5.41, 5.74) is 1.19. The van der Waals surface area contributed by atoms with E-state index in [2.05, 4.69) is 5.10 Å². The fourth-order valence-corrected chi connectivity index (χ4v) is 4.26. The van der Waals surface area contributed by atoms with E-state index in [1.54, 1.807) is 29.6 Å². The molecule has 0 aliphatic heterocycles. The first-order chi connectivity index (χ1) is 14.1. The summed E-state index contributed by atoms with van der Waals surface area (Å²) in [6.07, 6.45) is 0. The summed E-state index contributed by atoms with van der Waals surface area (Å²) in [5.74, 6) is -0.162. The maximum atomic E-state index is 14.1. The first-order valence-corrected chi connectivity index (χ1v) is 9.88. The Morgan fingerprint density at radius 1 is 0.931 bits per heavy atom. The number of fused-ring (bicyclic) bond motifs is 3. The lowest BCUT2D eigenvalue weighted by atomic mass is 10.2. The lowest BCUT2D eigenvalue weighted by Crippen LogP contribution is -2.26. The topological polar surface area (TPSA) is 61.3 Å². The van der Waals surface area contributed by atoms with Gasteiger partial charge in [-0.25, -0.2) is 18.3 Å². The normalized spacial score (nSPS) is 11.5. The third-order valence-electron chi connectivity index (χ3n) is 4.85. The highest BCUT2D eigenvalue weighted by atomic mass is 32.1. The molecule has 5 aromatic rings. The van der Waals surface area contributed by atoms with Gasteiger partial charge in [-0.15, -0.1) is 16.4 Å². The van der Waals surface area contributed by atoms with Gasteiger partial charge >= 0.3 is 5.69 Å². The molecule has 0 aliphatic rings. The fraction of sp³-hybridized carbons (Fsp3) is 0.0952. The van der Waals surface area contributed by atoms with Gasteiger partial charge in [-0.2, -0.15) is 0 Å². The number of rotatable bonds is 4. The van der Waals surface area contributed by atoms with E-state index in [1.165, 1.54) is 31.1 Å². The molecule has 0 radical (unpaired) electrons. The zero-order chi connectivity index (χ0) is 20.0. The third kappa shape index (κ3) is 2.89. The quantitative estimate of drug-likeness (QED) is 0.461. The van der Waals surface area contributed by atoms with E-state index >= 15 is 0 Å². The van der Waals surface area contributed by atoms with Crippen LogP contribution in [-0.4, -0.2) is 18.7 Å². The predicted molar refractivity (Wildman–Crippen MR) is 110 cm³/mol. The maximum absolute atomic E-state index is 14.1. The van der Waals surface area contributed by atoms with E-state index in [-0.39, 0.29) is 24.4 Å². The Morgan fingerprint density at radius 2 is 1.69 bits per heavy atom. The molecule has 0 unspecified atom stereocenters. The molecule has 6 nitrogen and oxygen atoms in total. The molecule has 5 rings (SSSR count). The molecule has 0 N–H and O–H groups in total. The second-order valence-corrected chi connectivity index (χ2v) is 7.60. The Kier molecular flexibility index (Phi) is 4.13. The molecule has 0 aliphatic carbocycles. The van der Waals surface area contributed by atoms with Crippen LogP contribution in [0.15, 0.2) is 75.6 Å². The smallest absolute Gasteiger partial charge is 0.271 e. The second-order valence-electron chi connectivity index (χ2n) is 6.68. The van der Waals surface area contributed by atoms with Crippen LogP contribution in [0.5, 0.6) is 0 Å². The average molecular weight is 406 g/mol. The van der Waals surface area contributed by atoms with E-state index in [0.29, 0.717) is 15.8 Å². The highest BCUT2D eigenvalue weighted by molar-refractivity contribution is 7.17. The minimum atomic E-state index is -0.409. The lowest BCUT2D eigenvalue weighted by molar-refractivity contribution is 0.577. The minimum absolute atomic E-state index is 0.0155. The summed E-state index contributed by atoms with van der Waals surface area (Å²) in [6, 6.07) is 17.5. The van der Waals surface area contributed by atoms with Gasteiger partial charge in [0.15, 0.2) is 0 Å². The van der Waals surface area contributed by atoms with Crippen LogP contribution in [0, 0.1) is 5.82 Å². The zero-order valence-electron chi connectivity index (χ0n) is 15.2. The number of hydrogen-bond donors (Lipinski definition) is 0. The van der Waals surface area contributed by atoms with E-state index in [4.69, 9.17) is 0 Å². The van der Waals surface area contributed by atoms with Crippen molar-refractivity contribution < 1.29 is 4.39 Å². The van der Waals surface area contributed by atoms with Crippen molar-refractivity contribution in [2.45, 2.75) is 13.1 Å². The standard InChI is InChI=1S/C21H15FN4O2S/c22-16-9-5-4-8-15(16)13-25-21(28)26-17-10-11-29-18(17)19(27)24(20(26)23-25)12-14-6-2-1-3-7-14/h1-11H,12-13H2. The number of aromatic nitrogens is 4. The van der Waals surface area contributed by atoms with Crippen molar-refractivity contribution in [3.05, 3.63) is 104 Å². The first kappa shape index (κ1) is 17.6. The monoisotopic (exact) mass is 406 g/mol. The molecule has 29 heavy (non-hydrogen) atoms. The Balaban J connectivity index is 1.76. The van der Waals surface area contributed by atoms with Crippen LogP contribution in [0.1, 0.15) is 11.1 Å². The summed E-state index contributed by atoms with van der Waals surface area (Å²) in [7, 11) is 0. The van der Waals surface area contributed by atoms with Crippen LogP contribution in [-0.2, 0) is 13.1 Å². The number of halogens is 1. The van der Waals surface area contributed by atoms with Gasteiger partial charge in [-0.05, 0) is 23.1 Å². The lowest BCUT2D eigenvalue weighted by Gasteiger charge is -2.07. The molecule has 144 valence electrons. The van der Waals surface area contributed by atoms with Crippen molar-refractivity contribution >= 4 is 27.3 Å². The molecule has 0 spiro atoms. The molecule has 0 amide bonds. The van der Waals surface area contributed by atoms with Crippen LogP contribution >= 0.6 is 11.3 Å². The van der Waals surface area contributed by atoms with Gasteiger partial charge < -0.3 is 0 Å². The van der Waals surface area contributed by atoms with Crippen LogP contribution in [0.4, 0.5) is 4.39 Å². The van der Waals surface area contributed by atoms with Crippen molar-refractivity contribution in [1.82, 2.24) is 18.7 Å². The van der Waals surface area contributed by atoms with Gasteiger partial charge in [0, 0.05) is 5.56 Å². The van der Waals surface area contributed by atoms with Gasteiger partial charge in [0.25, 0.3) is 5.56 Å². The van der Waals surface area contributed by atoms with E-state index in [1.807, 2.05) is 30.3 Å². The van der Waals surface area contributed by atoms with Gasteiger partial charge in [0.05, 0.1) is 18.6 Å².